The Hall–Kier alpha value is -2.22. The van der Waals surface area contributed by atoms with Gasteiger partial charge in [0.25, 0.3) is 0 Å². The first kappa shape index (κ1) is 16.6. The molecule has 2 atom stereocenters. The SMILES string of the molecule is CC1CCc2c(sc3ncnc(NC(CCC(=O)O)C(=O)O)c23)C1. The van der Waals surface area contributed by atoms with E-state index in [4.69, 9.17) is 5.11 Å². The lowest BCUT2D eigenvalue weighted by Gasteiger charge is -2.19. The monoisotopic (exact) mass is 349 g/mol. The fourth-order valence-corrected chi connectivity index (χ4v) is 4.43. The highest BCUT2D eigenvalue weighted by molar-refractivity contribution is 7.19. The van der Waals surface area contributed by atoms with Crippen LogP contribution in [-0.2, 0) is 22.4 Å². The van der Waals surface area contributed by atoms with Crippen molar-refractivity contribution in [2.45, 2.75) is 45.1 Å². The maximum Gasteiger partial charge on any atom is 0.326 e. The van der Waals surface area contributed by atoms with Gasteiger partial charge < -0.3 is 15.5 Å². The predicted molar refractivity (Wildman–Crippen MR) is 90.5 cm³/mol. The summed E-state index contributed by atoms with van der Waals surface area (Å²) in [5.74, 6) is -0.972. The number of carbonyl (C=O) groups is 2. The van der Waals surface area contributed by atoms with Gasteiger partial charge in [0.1, 0.15) is 23.0 Å². The van der Waals surface area contributed by atoms with Gasteiger partial charge in [-0.3, -0.25) is 4.79 Å². The van der Waals surface area contributed by atoms with E-state index in [1.807, 2.05) is 0 Å². The predicted octanol–water partition coefficient (Wildman–Crippen LogP) is 2.55. The number of thiophene rings is 1. The Labute approximate surface area is 142 Å². The summed E-state index contributed by atoms with van der Waals surface area (Å²) in [6, 6.07) is -0.989. The van der Waals surface area contributed by atoms with E-state index in [2.05, 4.69) is 22.2 Å². The molecule has 0 aliphatic heterocycles. The number of hydrogen-bond acceptors (Lipinski definition) is 6. The number of carboxylic acids is 2. The summed E-state index contributed by atoms with van der Waals surface area (Å²) in [5.41, 5.74) is 1.21. The second-order valence-corrected chi connectivity index (χ2v) is 7.31. The number of nitrogens with one attached hydrogen (secondary N) is 1. The van der Waals surface area contributed by atoms with E-state index < -0.39 is 18.0 Å². The molecule has 2 aromatic rings. The van der Waals surface area contributed by atoms with Crippen molar-refractivity contribution in [3.63, 3.8) is 0 Å². The molecule has 0 amide bonds. The molecule has 3 N–H and O–H groups in total. The average Bonchev–Trinajstić information content (AvgIpc) is 2.88. The van der Waals surface area contributed by atoms with Crippen molar-refractivity contribution in [1.29, 1.82) is 0 Å². The zero-order valence-corrected chi connectivity index (χ0v) is 14.1. The summed E-state index contributed by atoms with van der Waals surface area (Å²) >= 11 is 1.64. The van der Waals surface area contributed by atoms with E-state index in [0.29, 0.717) is 11.7 Å². The van der Waals surface area contributed by atoms with E-state index in [9.17, 15) is 14.7 Å². The number of hydrogen-bond donors (Lipinski definition) is 3. The van der Waals surface area contributed by atoms with Crippen LogP contribution in [0.1, 0.15) is 36.6 Å². The van der Waals surface area contributed by atoms with Gasteiger partial charge in [0.15, 0.2) is 0 Å². The summed E-state index contributed by atoms with van der Waals surface area (Å²) in [7, 11) is 0. The third kappa shape index (κ3) is 3.33. The first-order valence-corrected chi connectivity index (χ1v) is 8.73. The van der Waals surface area contributed by atoms with Gasteiger partial charge in [0.2, 0.25) is 0 Å². The summed E-state index contributed by atoms with van der Waals surface area (Å²) in [4.78, 5) is 32.9. The quantitative estimate of drug-likeness (QED) is 0.734. The molecule has 8 heteroatoms. The normalized spacial score (nSPS) is 18.1. The van der Waals surface area contributed by atoms with Crippen molar-refractivity contribution < 1.29 is 19.8 Å². The van der Waals surface area contributed by atoms with Crippen LogP contribution in [-0.4, -0.2) is 38.2 Å². The van der Waals surface area contributed by atoms with Crippen LogP contribution < -0.4 is 5.32 Å². The Morgan fingerprint density at radius 3 is 2.92 bits per heavy atom. The fourth-order valence-electron chi connectivity index (χ4n) is 3.07. The molecule has 0 saturated carbocycles. The lowest BCUT2D eigenvalue weighted by atomic mass is 9.89. The van der Waals surface area contributed by atoms with Crippen LogP contribution >= 0.6 is 11.3 Å². The molecule has 0 bridgehead atoms. The van der Waals surface area contributed by atoms with Crippen LogP contribution in [0.25, 0.3) is 10.2 Å². The number of aromatic nitrogens is 2. The smallest absolute Gasteiger partial charge is 0.326 e. The first-order valence-electron chi connectivity index (χ1n) is 7.92. The Balaban J connectivity index is 1.94. The Morgan fingerprint density at radius 1 is 1.42 bits per heavy atom. The molecule has 2 unspecified atom stereocenters. The van der Waals surface area contributed by atoms with Crippen molar-refractivity contribution in [3.05, 3.63) is 16.8 Å². The number of anilines is 1. The van der Waals surface area contributed by atoms with Gasteiger partial charge >= 0.3 is 11.9 Å². The second-order valence-electron chi connectivity index (χ2n) is 6.22. The Kier molecular flexibility index (Phi) is 4.66. The van der Waals surface area contributed by atoms with Crippen LogP contribution in [0.4, 0.5) is 5.82 Å². The number of aryl methyl sites for hydroxylation is 1. The number of carboxylic acid groups (broad SMARTS) is 2. The summed E-state index contributed by atoms with van der Waals surface area (Å²) in [6.45, 7) is 2.23. The topological polar surface area (TPSA) is 112 Å². The van der Waals surface area contributed by atoms with Crippen LogP contribution in [0.15, 0.2) is 6.33 Å². The molecule has 2 heterocycles. The van der Waals surface area contributed by atoms with E-state index in [1.165, 1.54) is 16.8 Å². The third-order valence-corrected chi connectivity index (χ3v) is 5.51. The molecule has 24 heavy (non-hydrogen) atoms. The molecule has 7 nitrogen and oxygen atoms in total. The maximum absolute atomic E-state index is 11.4. The molecular formula is C16H19N3O4S. The molecule has 3 rings (SSSR count). The molecule has 1 aliphatic rings. The third-order valence-electron chi connectivity index (χ3n) is 4.35. The van der Waals surface area contributed by atoms with Crippen molar-refractivity contribution in [2.24, 2.45) is 5.92 Å². The van der Waals surface area contributed by atoms with Crippen molar-refractivity contribution >= 4 is 39.3 Å². The van der Waals surface area contributed by atoms with Crippen LogP contribution in [0.5, 0.6) is 0 Å². The van der Waals surface area contributed by atoms with E-state index in [-0.39, 0.29) is 12.8 Å². The lowest BCUT2D eigenvalue weighted by molar-refractivity contribution is -0.139. The fraction of sp³-hybridized carbons (Fsp3) is 0.500. The minimum absolute atomic E-state index is 0.000472. The maximum atomic E-state index is 11.4. The summed E-state index contributed by atoms with van der Waals surface area (Å²) in [5, 5.41) is 21.9. The largest absolute Gasteiger partial charge is 0.481 e. The highest BCUT2D eigenvalue weighted by Gasteiger charge is 2.25. The average molecular weight is 349 g/mol. The standard InChI is InChI=1S/C16H19N3O4S/c1-8-2-3-9-11(6-8)24-15-13(9)14(17-7-18-15)19-10(16(22)23)4-5-12(20)21/h7-8,10H,2-6H2,1H3,(H,20,21)(H,22,23)(H,17,18,19). The minimum atomic E-state index is -1.08. The van der Waals surface area contributed by atoms with Gasteiger partial charge in [-0.25, -0.2) is 14.8 Å². The number of nitrogens with zero attached hydrogens (tertiary/aromatic N) is 2. The molecule has 0 saturated heterocycles. The van der Waals surface area contributed by atoms with Gasteiger partial charge in [-0.1, -0.05) is 6.92 Å². The van der Waals surface area contributed by atoms with Crippen LogP contribution in [0, 0.1) is 5.92 Å². The molecule has 0 aromatic carbocycles. The van der Waals surface area contributed by atoms with E-state index in [0.717, 1.165) is 29.5 Å². The Bertz CT molecular complexity index is 789. The Morgan fingerprint density at radius 2 is 2.21 bits per heavy atom. The van der Waals surface area contributed by atoms with Gasteiger partial charge in [0.05, 0.1) is 5.39 Å². The van der Waals surface area contributed by atoms with Crippen molar-refractivity contribution in [3.8, 4) is 0 Å². The van der Waals surface area contributed by atoms with Crippen LogP contribution in [0.3, 0.4) is 0 Å². The molecule has 0 spiro atoms. The molecule has 2 aromatic heterocycles. The highest BCUT2D eigenvalue weighted by atomic mass is 32.1. The molecule has 128 valence electrons. The van der Waals surface area contributed by atoms with Crippen molar-refractivity contribution in [2.75, 3.05) is 5.32 Å². The van der Waals surface area contributed by atoms with E-state index >= 15 is 0 Å². The van der Waals surface area contributed by atoms with Gasteiger partial charge in [-0.2, -0.15) is 0 Å². The molecule has 0 fully saturated rings. The molecule has 0 radical (unpaired) electrons. The van der Waals surface area contributed by atoms with E-state index in [1.54, 1.807) is 11.3 Å². The summed E-state index contributed by atoms with van der Waals surface area (Å²) in [6.07, 6.45) is 4.25. The highest BCUT2D eigenvalue weighted by Crippen LogP contribution is 2.39. The van der Waals surface area contributed by atoms with Crippen LogP contribution in [0.2, 0.25) is 0 Å². The zero-order valence-electron chi connectivity index (χ0n) is 13.3. The van der Waals surface area contributed by atoms with Crippen molar-refractivity contribution in [1.82, 2.24) is 9.97 Å². The zero-order chi connectivity index (χ0) is 17.3. The number of fused-ring (bicyclic) bond motifs is 3. The molecular weight excluding hydrogens is 330 g/mol. The first-order chi connectivity index (χ1) is 11.5. The van der Waals surface area contributed by atoms with Gasteiger partial charge in [-0.05, 0) is 37.2 Å². The molecule has 1 aliphatic carbocycles. The minimum Gasteiger partial charge on any atom is -0.481 e. The lowest BCUT2D eigenvalue weighted by Crippen LogP contribution is -2.30. The number of aliphatic carboxylic acids is 2. The van der Waals surface area contributed by atoms with Gasteiger partial charge in [-0.15, -0.1) is 11.3 Å². The number of rotatable bonds is 6. The second kappa shape index (κ2) is 6.72. The summed E-state index contributed by atoms with van der Waals surface area (Å²) < 4.78 is 0. The van der Waals surface area contributed by atoms with Gasteiger partial charge in [0, 0.05) is 11.3 Å².